The second-order valence-corrected chi connectivity index (χ2v) is 18.9. The summed E-state index contributed by atoms with van der Waals surface area (Å²) in [6, 6.07) is 31.3. The van der Waals surface area contributed by atoms with Gasteiger partial charge in [0.2, 0.25) is 17.7 Å². The summed E-state index contributed by atoms with van der Waals surface area (Å²) in [7, 11) is 0. The number of nitrogens with one attached hydrogen (secondary N) is 5. The van der Waals surface area contributed by atoms with Gasteiger partial charge < -0.3 is 37.6 Å². The molecular formula is C53H65N13O7. The molecule has 4 aromatic carbocycles. The summed E-state index contributed by atoms with van der Waals surface area (Å²) in [6.45, 7) is 2.77. The minimum atomic E-state index is -1.05. The Morgan fingerprint density at radius 1 is 0.726 bits per heavy atom. The number of rotatable bonds is 19. The highest BCUT2D eigenvalue weighted by atomic mass is 16.2. The van der Waals surface area contributed by atoms with Gasteiger partial charge in [0.1, 0.15) is 6.04 Å². The van der Waals surface area contributed by atoms with Gasteiger partial charge in [-0.25, -0.2) is 19.0 Å². The van der Waals surface area contributed by atoms with Gasteiger partial charge in [-0.15, -0.1) is 0 Å². The van der Waals surface area contributed by atoms with Crippen molar-refractivity contribution in [2.75, 3.05) is 57.7 Å². The molecule has 3 heterocycles. The fraction of sp³-hybridized carbons (Fsp3) is 0.396. The van der Waals surface area contributed by atoms with Gasteiger partial charge in [0, 0.05) is 76.5 Å². The number of urea groups is 1. The van der Waals surface area contributed by atoms with Gasteiger partial charge in [0.15, 0.2) is 5.96 Å². The van der Waals surface area contributed by atoms with Crippen LogP contribution >= 0.6 is 0 Å². The number of aliphatic imine (C=N–C) groups is 1. The van der Waals surface area contributed by atoms with Crippen LogP contribution in [0.15, 0.2) is 124 Å². The van der Waals surface area contributed by atoms with E-state index in [1.165, 1.54) is 9.36 Å². The smallest absolute Gasteiger partial charge is 0.352 e. The second-order valence-electron chi connectivity index (χ2n) is 18.9. The molecule has 1 unspecified atom stereocenters. The van der Waals surface area contributed by atoms with Gasteiger partial charge in [-0.05, 0) is 91.6 Å². The molecule has 6 amide bonds. The van der Waals surface area contributed by atoms with Gasteiger partial charge in [-0.1, -0.05) is 85.6 Å². The summed E-state index contributed by atoms with van der Waals surface area (Å²) in [5, 5.41) is 13.9. The molecule has 2 aliphatic heterocycles. The zero-order valence-electron chi connectivity index (χ0n) is 41.0. The molecule has 1 aromatic heterocycles. The fourth-order valence-corrected chi connectivity index (χ4v) is 10.3. The summed E-state index contributed by atoms with van der Waals surface area (Å²) in [5.41, 5.74) is 13.9. The van der Waals surface area contributed by atoms with E-state index in [4.69, 9.17) is 11.5 Å². The van der Waals surface area contributed by atoms with Gasteiger partial charge >= 0.3 is 17.4 Å². The third kappa shape index (κ3) is 12.4. The van der Waals surface area contributed by atoms with Gasteiger partial charge in [0.25, 0.3) is 5.91 Å². The van der Waals surface area contributed by atoms with Crippen molar-refractivity contribution < 1.29 is 24.0 Å². The molecule has 9 N–H and O–H groups in total. The maximum absolute atomic E-state index is 14.2. The van der Waals surface area contributed by atoms with Crippen LogP contribution in [0.5, 0.6) is 0 Å². The Balaban J connectivity index is 0.926. The highest BCUT2D eigenvalue weighted by molar-refractivity contribution is 6.07. The molecule has 1 saturated heterocycles. The van der Waals surface area contributed by atoms with Crippen molar-refractivity contribution in [3.8, 4) is 11.4 Å². The summed E-state index contributed by atoms with van der Waals surface area (Å²) < 4.78 is 3.63. The number of nitrogens with two attached hydrogens (primary N) is 2. The molecule has 3 aliphatic rings. The zero-order valence-corrected chi connectivity index (χ0v) is 41.0. The Morgan fingerprint density at radius 2 is 1.34 bits per heavy atom. The molecule has 8 rings (SSSR count). The van der Waals surface area contributed by atoms with Crippen molar-refractivity contribution in [2.24, 2.45) is 21.9 Å². The van der Waals surface area contributed by atoms with Gasteiger partial charge in [-0.2, -0.15) is 9.36 Å². The monoisotopic (exact) mass is 996 g/mol. The maximum Gasteiger partial charge on any atom is 0.352 e. The van der Waals surface area contributed by atoms with Crippen molar-refractivity contribution in [2.45, 2.75) is 76.4 Å². The highest BCUT2D eigenvalue weighted by Crippen LogP contribution is 2.45. The largest absolute Gasteiger partial charge is 0.370 e. The van der Waals surface area contributed by atoms with Crippen LogP contribution in [0.3, 0.4) is 0 Å². The first-order chi connectivity index (χ1) is 35.4. The molecule has 384 valence electrons. The van der Waals surface area contributed by atoms with Crippen LogP contribution in [0.4, 0.5) is 10.5 Å². The average molecular weight is 996 g/mol. The normalized spacial score (nSPS) is 16.8. The first-order valence-electron chi connectivity index (χ1n) is 25.1. The maximum atomic E-state index is 14.2. The van der Waals surface area contributed by atoms with E-state index in [2.05, 4.69) is 36.5 Å². The van der Waals surface area contributed by atoms with E-state index in [9.17, 15) is 33.6 Å². The predicted octanol–water partition coefficient (Wildman–Crippen LogP) is 2.97. The van der Waals surface area contributed by atoms with Crippen molar-refractivity contribution >= 4 is 41.3 Å². The number of guanidine groups is 1. The number of para-hydroxylation sites is 3. The number of amides is 6. The first kappa shape index (κ1) is 51.5. The van der Waals surface area contributed by atoms with Crippen LogP contribution in [-0.4, -0.2) is 118 Å². The number of carbonyl (C=O) groups excluding carboxylic acids is 5. The second kappa shape index (κ2) is 24.1. The third-order valence-electron chi connectivity index (χ3n) is 13.9. The molecule has 2 atom stereocenters. The molecule has 73 heavy (non-hydrogen) atoms. The van der Waals surface area contributed by atoms with Crippen LogP contribution in [0, 0.1) is 5.41 Å². The number of fused-ring (bicyclic) bond motifs is 2. The van der Waals surface area contributed by atoms with Crippen molar-refractivity contribution in [1.29, 1.82) is 0 Å². The topological polar surface area (TPSA) is 265 Å². The van der Waals surface area contributed by atoms with Crippen LogP contribution < -0.4 is 49.4 Å². The van der Waals surface area contributed by atoms with E-state index in [0.717, 1.165) is 34.2 Å². The van der Waals surface area contributed by atoms with Gasteiger partial charge in [0.05, 0.1) is 17.4 Å². The predicted molar refractivity (Wildman–Crippen MR) is 277 cm³/mol. The zero-order chi connectivity index (χ0) is 51.3. The summed E-state index contributed by atoms with van der Waals surface area (Å²) >= 11 is 0. The van der Waals surface area contributed by atoms with E-state index in [1.54, 1.807) is 48.5 Å². The Labute approximate surface area is 423 Å². The molecule has 1 aliphatic carbocycles. The lowest BCUT2D eigenvalue weighted by atomic mass is 9.78. The molecule has 20 nitrogen and oxygen atoms in total. The van der Waals surface area contributed by atoms with E-state index in [-0.39, 0.29) is 75.0 Å². The SMILES string of the molecule is NCCCNC(=O)NC(N)=NCCC[C@H](NC(=O)CC1(CC(=O)N2CCN(C3c4ccccc4NC(=O)c4ccccc43)CC2)CCCC1)C(=O)NCCn1c(=O)n(-c2ccccc2)n(-c2ccccc2)c1=O. The number of benzene rings is 4. The molecule has 5 aromatic rings. The Hall–Kier alpha value is -7.84. The summed E-state index contributed by atoms with van der Waals surface area (Å²) in [6.07, 6.45) is 4.32. The Bertz CT molecular complexity index is 2830. The number of anilines is 1. The fourth-order valence-electron chi connectivity index (χ4n) is 10.3. The van der Waals surface area contributed by atoms with Crippen LogP contribution in [0.25, 0.3) is 11.4 Å². The molecule has 1 saturated carbocycles. The van der Waals surface area contributed by atoms with E-state index in [0.29, 0.717) is 75.5 Å². The lowest BCUT2D eigenvalue weighted by Crippen LogP contribution is -2.51. The number of aromatic nitrogens is 3. The lowest BCUT2D eigenvalue weighted by molar-refractivity contribution is -0.137. The first-order valence-corrected chi connectivity index (χ1v) is 25.1. The molecule has 0 spiro atoms. The van der Waals surface area contributed by atoms with Crippen molar-refractivity contribution in [3.05, 3.63) is 147 Å². The van der Waals surface area contributed by atoms with Gasteiger partial charge in [-0.3, -0.25) is 34.4 Å². The summed E-state index contributed by atoms with van der Waals surface area (Å²) in [4.78, 5) is 104. The minimum Gasteiger partial charge on any atom is -0.370 e. The van der Waals surface area contributed by atoms with E-state index in [1.807, 2.05) is 65.6 Å². The summed E-state index contributed by atoms with van der Waals surface area (Å²) in [5.74, 6) is -1.21. The third-order valence-corrected chi connectivity index (χ3v) is 13.9. The minimum absolute atomic E-state index is 0.0260. The number of hydrogen-bond acceptors (Lipinski definition) is 10. The Kier molecular flexibility index (Phi) is 17.0. The number of hydrogen-bond donors (Lipinski definition) is 7. The molecule has 20 heteroatoms. The molecular weight excluding hydrogens is 931 g/mol. The molecule has 2 fully saturated rings. The van der Waals surface area contributed by atoms with Crippen molar-refractivity contribution in [1.82, 2.24) is 45.0 Å². The van der Waals surface area contributed by atoms with Crippen LogP contribution in [0.1, 0.15) is 85.3 Å². The van der Waals surface area contributed by atoms with E-state index < -0.39 is 34.8 Å². The van der Waals surface area contributed by atoms with Crippen LogP contribution in [0.2, 0.25) is 0 Å². The standard InChI is InChI=1S/C53H65N13O7/c54-26-14-28-58-50(71)61-49(55)57-27-13-23-43(48(70)56-29-30-64-51(72)65(37-15-3-1-4-16-37)66(52(64)73)38-17-5-2-6-18-38)59-44(67)35-53(24-11-12-25-53)36-45(68)62-31-33-63(34-32-62)46-39-19-7-8-20-40(39)47(69)60-42-22-10-9-21-41(42)46/h1-10,15-22,43,46H,11-14,23-36,54H2,(H,56,70)(H,59,67)(H,60,69)(H4,55,57,58,61,71)/t43-,46?/m0/s1. The molecule has 0 bridgehead atoms. The van der Waals surface area contributed by atoms with E-state index >= 15 is 0 Å². The lowest BCUT2D eigenvalue weighted by Gasteiger charge is -2.41. The highest BCUT2D eigenvalue weighted by Gasteiger charge is 2.41. The average Bonchev–Trinajstić information content (AvgIpc) is 3.91. The van der Waals surface area contributed by atoms with Crippen LogP contribution in [-0.2, 0) is 20.9 Å². The number of nitrogens with zero attached hydrogens (tertiary/aromatic N) is 6. The number of piperazine rings is 1. The number of carbonyl (C=O) groups is 5. The molecule has 0 radical (unpaired) electrons. The van der Waals surface area contributed by atoms with Crippen molar-refractivity contribution in [3.63, 3.8) is 0 Å². The Morgan fingerprint density at radius 3 is 2.00 bits per heavy atom. The quantitative estimate of drug-likeness (QED) is 0.0361.